The largest absolute Gasteiger partial charge is 0.487 e. The summed E-state index contributed by atoms with van der Waals surface area (Å²) in [6.45, 7) is 14.3. The quantitative estimate of drug-likeness (QED) is 0.311. The van der Waals surface area contributed by atoms with E-state index in [9.17, 15) is 9.59 Å². The van der Waals surface area contributed by atoms with Gasteiger partial charge in [-0.3, -0.25) is 14.5 Å². The van der Waals surface area contributed by atoms with Crippen molar-refractivity contribution in [2.75, 3.05) is 13.7 Å². The van der Waals surface area contributed by atoms with Gasteiger partial charge in [0.15, 0.2) is 0 Å². The minimum Gasteiger partial charge on any atom is -0.487 e. The summed E-state index contributed by atoms with van der Waals surface area (Å²) in [5.74, 6) is 0.458. The number of benzene rings is 2. The molecule has 2 aromatic carbocycles. The number of methoxy groups -OCH3 is 1. The number of fused-ring (bicyclic) bond motifs is 2. The van der Waals surface area contributed by atoms with Gasteiger partial charge in [0.2, 0.25) is 5.56 Å². The number of nitrogens with zero attached hydrogens (tertiary/aromatic N) is 4. The van der Waals surface area contributed by atoms with Crippen LogP contribution in [-0.2, 0) is 29.7 Å². The highest BCUT2D eigenvalue weighted by molar-refractivity contribution is 5.82. The predicted molar refractivity (Wildman–Crippen MR) is 162 cm³/mol. The number of hydrogen-bond donors (Lipinski definition) is 1. The molecule has 9 nitrogen and oxygen atoms in total. The molecule has 1 N–H and O–H groups in total. The maximum atomic E-state index is 13.2. The van der Waals surface area contributed by atoms with Crippen molar-refractivity contribution in [1.29, 1.82) is 0 Å². The molecule has 1 aliphatic heterocycles. The number of ether oxygens (including phenoxy) is 2. The highest BCUT2D eigenvalue weighted by Crippen LogP contribution is 2.44. The number of aromatic nitrogens is 4. The standard InChI is InChI=1S/C33H41N5O4/c1-19(2)28-18-38(17-25-27(42-28)13-14-29(39)34-25)16-23-15-22(10-9-20(23)3)30(33(5,6)32(40)41-8)24-11-12-26-31(21(24)4)35-36-37(26)7/h9-15,19,28,30H,16-18H2,1-8H3,(H,34,39)/t28-,30?/m1/s1. The molecule has 0 spiro atoms. The first kappa shape index (κ1) is 29.5. The lowest BCUT2D eigenvalue weighted by Gasteiger charge is -2.34. The first-order valence-corrected chi connectivity index (χ1v) is 14.5. The van der Waals surface area contributed by atoms with Crippen LogP contribution in [0.25, 0.3) is 11.0 Å². The van der Waals surface area contributed by atoms with Crippen molar-refractivity contribution < 1.29 is 14.3 Å². The Morgan fingerprint density at radius 3 is 2.64 bits per heavy atom. The van der Waals surface area contributed by atoms with Gasteiger partial charge in [0.05, 0.1) is 23.7 Å². The molecule has 1 unspecified atom stereocenters. The van der Waals surface area contributed by atoms with Gasteiger partial charge in [-0.05, 0) is 73.6 Å². The lowest BCUT2D eigenvalue weighted by molar-refractivity contribution is -0.151. The number of hydrogen-bond acceptors (Lipinski definition) is 7. The molecule has 3 heterocycles. The topological polar surface area (TPSA) is 102 Å². The molecule has 5 rings (SSSR count). The normalized spacial score (nSPS) is 16.6. The Balaban J connectivity index is 1.58. The fourth-order valence-electron chi connectivity index (χ4n) is 6.15. The summed E-state index contributed by atoms with van der Waals surface area (Å²) in [6.07, 6.45) is -0.0204. The molecule has 0 saturated heterocycles. The van der Waals surface area contributed by atoms with E-state index in [4.69, 9.17) is 9.47 Å². The first-order chi connectivity index (χ1) is 19.9. The van der Waals surface area contributed by atoms with Gasteiger partial charge >= 0.3 is 5.97 Å². The zero-order valence-electron chi connectivity index (χ0n) is 25.8. The average molecular weight is 572 g/mol. The van der Waals surface area contributed by atoms with E-state index in [2.05, 4.69) is 65.2 Å². The summed E-state index contributed by atoms with van der Waals surface area (Å²) in [5.41, 5.74) is 6.90. The maximum Gasteiger partial charge on any atom is 0.312 e. The monoisotopic (exact) mass is 571 g/mol. The Labute approximate surface area is 246 Å². The molecule has 0 radical (unpaired) electrons. The molecular formula is C33H41N5O4. The SMILES string of the molecule is COC(=O)C(C)(C)C(c1ccc(C)c(CN2Cc3[nH]c(=O)ccc3O[C@@H](C(C)C)C2)c1)c1ccc2c(nnn2C)c1C. The lowest BCUT2D eigenvalue weighted by Crippen LogP contribution is -2.36. The Bertz CT molecular complexity index is 1690. The van der Waals surface area contributed by atoms with E-state index < -0.39 is 5.41 Å². The van der Waals surface area contributed by atoms with E-state index in [0.717, 1.165) is 56.8 Å². The van der Waals surface area contributed by atoms with E-state index in [0.29, 0.717) is 19.0 Å². The second kappa shape index (κ2) is 11.4. The number of pyridine rings is 1. The maximum absolute atomic E-state index is 13.2. The average Bonchev–Trinajstić information content (AvgIpc) is 3.22. The number of nitrogens with one attached hydrogen (secondary N) is 1. The van der Waals surface area contributed by atoms with Gasteiger partial charge < -0.3 is 14.5 Å². The van der Waals surface area contributed by atoms with Crippen molar-refractivity contribution >= 4 is 17.0 Å². The van der Waals surface area contributed by atoms with E-state index in [1.165, 1.54) is 13.2 Å². The Morgan fingerprint density at radius 2 is 1.93 bits per heavy atom. The van der Waals surface area contributed by atoms with Crippen LogP contribution >= 0.6 is 0 Å². The van der Waals surface area contributed by atoms with Crippen molar-refractivity contribution in [2.45, 2.75) is 66.7 Å². The fourth-order valence-corrected chi connectivity index (χ4v) is 6.15. The molecule has 222 valence electrons. The highest BCUT2D eigenvalue weighted by Gasteiger charge is 2.41. The van der Waals surface area contributed by atoms with Crippen molar-refractivity contribution in [2.24, 2.45) is 18.4 Å². The summed E-state index contributed by atoms with van der Waals surface area (Å²) >= 11 is 0. The zero-order chi connectivity index (χ0) is 30.3. The first-order valence-electron chi connectivity index (χ1n) is 14.5. The third-order valence-electron chi connectivity index (χ3n) is 8.72. The summed E-state index contributed by atoms with van der Waals surface area (Å²) in [7, 11) is 3.32. The van der Waals surface area contributed by atoms with Crippen LogP contribution in [0.3, 0.4) is 0 Å². The van der Waals surface area contributed by atoms with Gasteiger partial charge in [0.25, 0.3) is 0 Å². The van der Waals surface area contributed by atoms with Gasteiger partial charge in [-0.15, -0.1) is 5.10 Å². The molecule has 2 aromatic heterocycles. The minimum atomic E-state index is -0.862. The molecule has 2 atom stereocenters. The molecule has 4 aromatic rings. The molecule has 0 amide bonds. The molecular weight excluding hydrogens is 530 g/mol. The van der Waals surface area contributed by atoms with Crippen LogP contribution in [0.2, 0.25) is 0 Å². The van der Waals surface area contributed by atoms with Crippen molar-refractivity contribution in [3.8, 4) is 5.75 Å². The zero-order valence-corrected chi connectivity index (χ0v) is 25.8. The van der Waals surface area contributed by atoms with Gasteiger partial charge in [-0.25, -0.2) is 4.68 Å². The number of carbonyl (C=O) groups excluding carboxylic acids is 1. The molecule has 0 aliphatic carbocycles. The van der Waals surface area contributed by atoms with Crippen LogP contribution in [0.1, 0.15) is 67.1 Å². The smallest absolute Gasteiger partial charge is 0.312 e. The van der Waals surface area contributed by atoms with E-state index in [1.807, 2.05) is 33.9 Å². The molecule has 1 aliphatic rings. The lowest BCUT2D eigenvalue weighted by atomic mass is 9.69. The van der Waals surface area contributed by atoms with Crippen molar-refractivity contribution in [3.63, 3.8) is 0 Å². The van der Waals surface area contributed by atoms with Crippen LogP contribution in [-0.4, -0.2) is 50.6 Å². The summed E-state index contributed by atoms with van der Waals surface area (Å²) in [4.78, 5) is 30.7. The van der Waals surface area contributed by atoms with Crippen LogP contribution in [0.15, 0.2) is 47.3 Å². The third-order valence-corrected chi connectivity index (χ3v) is 8.72. The Hall–Kier alpha value is -3.98. The molecule has 0 fully saturated rings. The number of esters is 1. The molecule has 0 saturated carbocycles. The second-order valence-corrected chi connectivity index (χ2v) is 12.4. The number of aromatic amines is 1. The molecule has 0 bridgehead atoms. The van der Waals surface area contributed by atoms with Gasteiger partial charge in [0.1, 0.15) is 17.4 Å². The van der Waals surface area contributed by atoms with Crippen LogP contribution in [0.4, 0.5) is 0 Å². The van der Waals surface area contributed by atoms with E-state index >= 15 is 0 Å². The predicted octanol–water partition coefficient (Wildman–Crippen LogP) is 5.02. The Kier molecular flexibility index (Phi) is 7.98. The van der Waals surface area contributed by atoms with E-state index in [1.54, 1.807) is 10.7 Å². The third kappa shape index (κ3) is 5.45. The summed E-state index contributed by atoms with van der Waals surface area (Å²) in [6, 6.07) is 13.9. The van der Waals surface area contributed by atoms with Crippen LogP contribution in [0, 0.1) is 25.2 Å². The van der Waals surface area contributed by atoms with Crippen molar-refractivity contribution in [1.82, 2.24) is 24.9 Å². The number of aryl methyl sites for hydroxylation is 3. The Morgan fingerprint density at radius 1 is 1.17 bits per heavy atom. The van der Waals surface area contributed by atoms with Crippen LogP contribution in [0.5, 0.6) is 5.75 Å². The fraction of sp³-hybridized carbons (Fsp3) is 0.455. The number of carbonyl (C=O) groups is 1. The summed E-state index contributed by atoms with van der Waals surface area (Å²) in [5, 5.41) is 8.64. The van der Waals surface area contributed by atoms with Crippen LogP contribution < -0.4 is 10.3 Å². The van der Waals surface area contributed by atoms with Crippen molar-refractivity contribution in [3.05, 3.63) is 86.3 Å². The van der Waals surface area contributed by atoms with Gasteiger partial charge in [0, 0.05) is 38.7 Å². The molecule has 9 heteroatoms. The highest BCUT2D eigenvalue weighted by atomic mass is 16.5. The minimum absolute atomic E-state index is 0.0204. The van der Waals surface area contributed by atoms with Gasteiger partial charge in [-0.2, -0.15) is 0 Å². The summed E-state index contributed by atoms with van der Waals surface area (Å²) < 4.78 is 13.4. The molecule has 42 heavy (non-hydrogen) atoms. The van der Waals surface area contributed by atoms with E-state index in [-0.39, 0.29) is 23.6 Å². The number of H-pyrrole nitrogens is 1. The van der Waals surface area contributed by atoms with Gasteiger partial charge in [-0.1, -0.05) is 43.3 Å². The number of rotatable bonds is 7. The second-order valence-electron chi connectivity index (χ2n) is 12.4.